The zero-order chi connectivity index (χ0) is 15.9. The van der Waals surface area contributed by atoms with Crippen LogP contribution in [0.25, 0.3) is 10.2 Å². The lowest BCUT2D eigenvalue weighted by atomic mass is 10.2. The number of nitrogens with zero attached hydrogens (tertiary/aromatic N) is 2. The van der Waals surface area contributed by atoms with Gasteiger partial charge in [0.05, 0.1) is 11.9 Å². The van der Waals surface area contributed by atoms with Gasteiger partial charge in [0, 0.05) is 11.3 Å². The summed E-state index contributed by atoms with van der Waals surface area (Å²) in [6.45, 7) is 6.28. The van der Waals surface area contributed by atoms with Gasteiger partial charge in [-0.25, -0.2) is 9.37 Å². The molecular weight excluding hydrogens is 299 g/mol. The van der Waals surface area contributed by atoms with Crippen LogP contribution < -0.4 is 5.56 Å². The molecule has 0 N–H and O–H groups in total. The van der Waals surface area contributed by atoms with E-state index in [-0.39, 0.29) is 11.4 Å². The van der Waals surface area contributed by atoms with E-state index in [4.69, 9.17) is 0 Å². The Bertz CT molecular complexity index is 911. The van der Waals surface area contributed by atoms with Crippen LogP contribution in [-0.4, -0.2) is 9.55 Å². The molecule has 0 aliphatic carbocycles. The van der Waals surface area contributed by atoms with E-state index in [0.717, 1.165) is 26.7 Å². The summed E-state index contributed by atoms with van der Waals surface area (Å²) in [7, 11) is 0. The number of aryl methyl sites for hydroxylation is 3. The third kappa shape index (κ3) is 2.46. The molecule has 0 spiro atoms. The highest BCUT2D eigenvalue weighted by Crippen LogP contribution is 2.26. The molecule has 0 saturated heterocycles. The molecule has 3 rings (SSSR count). The third-order valence-corrected chi connectivity index (χ3v) is 5.01. The number of hydrogen-bond donors (Lipinski definition) is 0. The van der Waals surface area contributed by atoms with Crippen molar-refractivity contribution in [3.05, 3.63) is 62.3 Å². The van der Waals surface area contributed by atoms with E-state index in [1.165, 1.54) is 12.1 Å². The molecule has 22 heavy (non-hydrogen) atoms. The van der Waals surface area contributed by atoms with Crippen LogP contribution in [-0.2, 0) is 13.0 Å². The van der Waals surface area contributed by atoms with E-state index >= 15 is 0 Å². The van der Waals surface area contributed by atoms with Crippen molar-refractivity contribution in [3.8, 4) is 0 Å². The summed E-state index contributed by atoms with van der Waals surface area (Å²) in [6, 6.07) is 6.35. The highest BCUT2D eigenvalue weighted by atomic mass is 32.1. The molecular formula is C17H17FN2OS. The van der Waals surface area contributed by atoms with Crippen molar-refractivity contribution in [2.24, 2.45) is 0 Å². The van der Waals surface area contributed by atoms with Crippen LogP contribution in [0.1, 0.15) is 28.8 Å². The topological polar surface area (TPSA) is 34.9 Å². The standard InChI is InChI=1S/C17H17FN2OS/c1-4-14-19-16-15(10(2)11(3)22-16)17(21)20(14)9-12-6-5-7-13(18)8-12/h5-8H,4,9H2,1-3H3. The first-order valence-electron chi connectivity index (χ1n) is 7.25. The first-order valence-corrected chi connectivity index (χ1v) is 8.06. The highest BCUT2D eigenvalue weighted by molar-refractivity contribution is 7.18. The number of benzene rings is 1. The summed E-state index contributed by atoms with van der Waals surface area (Å²) in [5, 5.41) is 0.691. The molecule has 3 aromatic rings. The predicted molar refractivity (Wildman–Crippen MR) is 88.2 cm³/mol. The third-order valence-electron chi connectivity index (χ3n) is 3.91. The summed E-state index contributed by atoms with van der Waals surface area (Å²) in [5.41, 5.74) is 1.73. The van der Waals surface area contributed by atoms with Gasteiger partial charge in [-0.05, 0) is 37.1 Å². The zero-order valence-corrected chi connectivity index (χ0v) is 13.6. The molecule has 5 heteroatoms. The lowest BCUT2D eigenvalue weighted by molar-refractivity contribution is 0.620. The average Bonchev–Trinajstić information content (AvgIpc) is 2.77. The minimum absolute atomic E-state index is 0.0343. The van der Waals surface area contributed by atoms with E-state index in [1.807, 2.05) is 26.8 Å². The van der Waals surface area contributed by atoms with Gasteiger partial charge in [0.1, 0.15) is 16.5 Å². The molecule has 2 heterocycles. The van der Waals surface area contributed by atoms with Crippen molar-refractivity contribution in [2.45, 2.75) is 33.7 Å². The normalized spacial score (nSPS) is 11.3. The number of hydrogen-bond acceptors (Lipinski definition) is 3. The minimum Gasteiger partial charge on any atom is -0.292 e. The fourth-order valence-corrected chi connectivity index (χ4v) is 3.66. The summed E-state index contributed by atoms with van der Waals surface area (Å²) in [4.78, 5) is 19.4. The first kappa shape index (κ1) is 14.9. The molecule has 0 unspecified atom stereocenters. The molecule has 0 bridgehead atoms. The van der Waals surface area contributed by atoms with Gasteiger partial charge in [-0.2, -0.15) is 0 Å². The Morgan fingerprint density at radius 3 is 2.77 bits per heavy atom. The van der Waals surface area contributed by atoms with E-state index in [1.54, 1.807) is 22.0 Å². The molecule has 0 aliphatic heterocycles. The second kappa shape index (κ2) is 5.65. The van der Waals surface area contributed by atoms with E-state index < -0.39 is 0 Å². The van der Waals surface area contributed by atoms with Crippen LogP contribution in [0, 0.1) is 19.7 Å². The summed E-state index contributed by atoms with van der Waals surface area (Å²) in [6.07, 6.45) is 0.663. The fraction of sp³-hybridized carbons (Fsp3) is 0.294. The number of aromatic nitrogens is 2. The first-order chi connectivity index (χ1) is 10.5. The van der Waals surface area contributed by atoms with Crippen LogP contribution in [0.5, 0.6) is 0 Å². The number of thiophene rings is 1. The molecule has 0 aliphatic rings. The average molecular weight is 316 g/mol. The van der Waals surface area contributed by atoms with Gasteiger partial charge in [0.25, 0.3) is 5.56 Å². The molecule has 0 radical (unpaired) electrons. The minimum atomic E-state index is -0.291. The van der Waals surface area contributed by atoms with Crippen LogP contribution in [0.15, 0.2) is 29.1 Å². The SMILES string of the molecule is CCc1nc2sc(C)c(C)c2c(=O)n1Cc1cccc(F)c1. The maximum absolute atomic E-state index is 13.4. The molecule has 3 nitrogen and oxygen atoms in total. The van der Waals surface area contributed by atoms with Crippen LogP contribution in [0.3, 0.4) is 0 Å². The second-order valence-corrected chi connectivity index (χ2v) is 6.57. The van der Waals surface area contributed by atoms with Crippen LogP contribution in [0.2, 0.25) is 0 Å². The maximum Gasteiger partial charge on any atom is 0.262 e. The number of fused-ring (bicyclic) bond motifs is 1. The quantitative estimate of drug-likeness (QED) is 0.736. The Hall–Kier alpha value is -2.01. The van der Waals surface area contributed by atoms with Gasteiger partial charge < -0.3 is 0 Å². The largest absolute Gasteiger partial charge is 0.292 e. The summed E-state index contributed by atoms with van der Waals surface area (Å²) >= 11 is 1.56. The van der Waals surface area contributed by atoms with E-state index in [2.05, 4.69) is 4.98 Å². The van der Waals surface area contributed by atoms with Crippen LogP contribution in [0.4, 0.5) is 4.39 Å². The predicted octanol–water partition coefficient (Wildman–Crippen LogP) is 3.82. The van der Waals surface area contributed by atoms with Crippen molar-refractivity contribution < 1.29 is 4.39 Å². The Labute approximate surface area is 132 Å². The van der Waals surface area contributed by atoms with Crippen molar-refractivity contribution in [3.63, 3.8) is 0 Å². The molecule has 0 fully saturated rings. The maximum atomic E-state index is 13.4. The smallest absolute Gasteiger partial charge is 0.262 e. The summed E-state index contributed by atoms with van der Waals surface area (Å²) < 4.78 is 15.0. The van der Waals surface area contributed by atoms with Gasteiger partial charge in [0.15, 0.2) is 0 Å². The monoisotopic (exact) mass is 316 g/mol. The lowest BCUT2D eigenvalue weighted by Gasteiger charge is -2.11. The van der Waals surface area contributed by atoms with E-state index in [9.17, 15) is 9.18 Å². The van der Waals surface area contributed by atoms with Crippen molar-refractivity contribution >= 4 is 21.6 Å². The highest BCUT2D eigenvalue weighted by Gasteiger charge is 2.15. The van der Waals surface area contributed by atoms with Gasteiger partial charge in [0.2, 0.25) is 0 Å². The number of rotatable bonds is 3. The number of halogens is 1. The lowest BCUT2D eigenvalue weighted by Crippen LogP contribution is -2.25. The molecule has 0 saturated carbocycles. The Balaban J connectivity index is 2.21. The van der Waals surface area contributed by atoms with Crippen molar-refractivity contribution in [1.29, 1.82) is 0 Å². The zero-order valence-electron chi connectivity index (χ0n) is 12.8. The van der Waals surface area contributed by atoms with Gasteiger partial charge in [-0.3, -0.25) is 9.36 Å². The fourth-order valence-electron chi connectivity index (χ4n) is 2.62. The second-order valence-electron chi connectivity index (χ2n) is 5.37. The van der Waals surface area contributed by atoms with E-state index in [0.29, 0.717) is 18.4 Å². The van der Waals surface area contributed by atoms with Crippen molar-refractivity contribution in [1.82, 2.24) is 9.55 Å². The van der Waals surface area contributed by atoms with Gasteiger partial charge in [-0.1, -0.05) is 19.1 Å². The summed E-state index contributed by atoms with van der Waals surface area (Å²) in [5.74, 6) is 0.447. The van der Waals surface area contributed by atoms with Gasteiger partial charge in [-0.15, -0.1) is 11.3 Å². The van der Waals surface area contributed by atoms with Crippen LogP contribution >= 0.6 is 11.3 Å². The molecule has 114 valence electrons. The Morgan fingerprint density at radius 1 is 1.32 bits per heavy atom. The Kier molecular flexibility index (Phi) is 3.83. The van der Waals surface area contributed by atoms with Gasteiger partial charge >= 0.3 is 0 Å². The molecule has 1 aromatic carbocycles. The molecule has 2 aromatic heterocycles. The molecule has 0 atom stereocenters. The molecule has 0 amide bonds. The van der Waals surface area contributed by atoms with Crippen molar-refractivity contribution in [2.75, 3.05) is 0 Å². The Morgan fingerprint density at radius 2 is 2.09 bits per heavy atom.